The zero-order valence-corrected chi connectivity index (χ0v) is 20.4. The first-order valence-corrected chi connectivity index (χ1v) is 12.1. The second-order valence-electron chi connectivity index (χ2n) is 7.97. The van der Waals surface area contributed by atoms with Crippen LogP contribution in [0.1, 0.15) is 17.0 Å². The van der Waals surface area contributed by atoms with Gasteiger partial charge in [0.25, 0.3) is 15.6 Å². The van der Waals surface area contributed by atoms with Gasteiger partial charge in [0.15, 0.2) is 0 Å². The Morgan fingerprint density at radius 1 is 1.03 bits per heavy atom. The van der Waals surface area contributed by atoms with Gasteiger partial charge in [0, 0.05) is 29.3 Å². The van der Waals surface area contributed by atoms with Gasteiger partial charge in [-0.2, -0.15) is 0 Å². The van der Waals surface area contributed by atoms with E-state index in [9.17, 15) is 13.2 Å². The number of anilines is 1. The minimum absolute atomic E-state index is 0. The van der Waals surface area contributed by atoms with Crippen molar-refractivity contribution in [3.8, 4) is 0 Å². The normalized spacial score (nSPS) is 11.2. The molecule has 0 unspecified atom stereocenters. The Balaban J connectivity index is 0.00000304. The standard InChI is InChI=1S/C25H20N6O3S.ClH/c26-24(27)17-8-6-15(7-9-17)13-22-29-20-11-10-18(14-19(20)25(32)30-22)31-35(33,34)21-5-1-3-16-4-2-12-28-23(16)21;/h1-12,14,31H,13H2,(H3,26,27)(H,29,30,32);1H. The zero-order valence-electron chi connectivity index (χ0n) is 18.7. The summed E-state index contributed by atoms with van der Waals surface area (Å²) in [6.45, 7) is 0. The number of rotatable bonds is 6. The van der Waals surface area contributed by atoms with Gasteiger partial charge in [-0.15, -0.1) is 12.4 Å². The molecule has 0 aliphatic rings. The number of sulfonamides is 1. The second kappa shape index (κ2) is 9.76. The number of halogens is 1. The van der Waals surface area contributed by atoms with E-state index < -0.39 is 10.0 Å². The molecule has 5 rings (SSSR count). The van der Waals surface area contributed by atoms with Crippen molar-refractivity contribution in [2.24, 2.45) is 5.73 Å². The number of nitrogens with zero attached hydrogens (tertiary/aromatic N) is 2. The number of aromatic amines is 1. The fourth-order valence-corrected chi connectivity index (χ4v) is 5.06. The summed E-state index contributed by atoms with van der Waals surface area (Å²) in [6, 6.07) is 20.2. The van der Waals surface area contributed by atoms with Crippen LogP contribution in [0.25, 0.3) is 21.8 Å². The van der Waals surface area contributed by atoms with Crippen LogP contribution >= 0.6 is 12.4 Å². The summed E-state index contributed by atoms with van der Waals surface area (Å²) in [6.07, 6.45) is 1.92. The predicted molar refractivity (Wildman–Crippen MR) is 142 cm³/mol. The number of para-hydroxylation sites is 1. The average Bonchev–Trinajstić information content (AvgIpc) is 2.84. The van der Waals surface area contributed by atoms with Crippen LogP contribution in [0.4, 0.5) is 5.69 Å². The van der Waals surface area contributed by atoms with E-state index in [1.54, 1.807) is 48.5 Å². The van der Waals surface area contributed by atoms with Crippen molar-refractivity contribution in [2.75, 3.05) is 4.72 Å². The van der Waals surface area contributed by atoms with Crippen LogP contribution in [0.3, 0.4) is 0 Å². The summed E-state index contributed by atoms with van der Waals surface area (Å²) >= 11 is 0. The fraction of sp³-hybridized carbons (Fsp3) is 0.0400. The van der Waals surface area contributed by atoms with Gasteiger partial charge >= 0.3 is 0 Å². The molecular formula is C25H21ClN6O3S. The predicted octanol–water partition coefficient (Wildman–Crippen LogP) is 3.57. The van der Waals surface area contributed by atoms with E-state index in [0.717, 1.165) is 5.56 Å². The Bertz CT molecular complexity index is 1760. The zero-order chi connectivity index (χ0) is 24.6. The van der Waals surface area contributed by atoms with Gasteiger partial charge in [-0.3, -0.25) is 19.9 Å². The van der Waals surface area contributed by atoms with Crippen LogP contribution in [0.15, 0.2) is 88.7 Å². The number of amidine groups is 1. The Hall–Kier alpha value is -4.28. The Morgan fingerprint density at radius 2 is 1.78 bits per heavy atom. The highest BCUT2D eigenvalue weighted by Crippen LogP contribution is 2.24. The van der Waals surface area contributed by atoms with E-state index in [0.29, 0.717) is 34.2 Å². The van der Waals surface area contributed by atoms with E-state index in [1.165, 1.54) is 18.3 Å². The molecule has 0 saturated carbocycles. The van der Waals surface area contributed by atoms with E-state index >= 15 is 0 Å². The maximum absolute atomic E-state index is 13.1. The number of aromatic nitrogens is 3. The van der Waals surface area contributed by atoms with Crippen molar-refractivity contribution in [1.29, 1.82) is 5.41 Å². The molecule has 2 heterocycles. The number of hydrogen-bond acceptors (Lipinski definition) is 6. The summed E-state index contributed by atoms with van der Waals surface area (Å²) in [5, 5.41) is 8.44. The van der Waals surface area contributed by atoms with Crippen molar-refractivity contribution >= 4 is 55.8 Å². The lowest BCUT2D eigenvalue weighted by Crippen LogP contribution is -2.15. The van der Waals surface area contributed by atoms with Gasteiger partial charge in [0.05, 0.1) is 16.4 Å². The van der Waals surface area contributed by atoms with Crippen LogP contribution in [-0.4, -0.2) is 29.2 Å². The number of nitrogens with two attached hydrogens (primary N) is 1. The molecule has 0 fully saturated rings. The van der Waals surface area contributed by atoms with E-state index in [1.807, 2.05) is 12.1 Å². The monoisotopic (exact) mass is 520 g/mol. The highest BCUT2D eigenvalue weighted by atomic mass is 35.5. The molecule has 0 atom stereocenters. The number of benzene rings is 3. The first kappa shape index (κ1) is 24.8. The lowest BCUT2D eigenvalue weighted by atomic mass is 10.1. The SMILES string of the molecule is Cl.N=C(N)c1ccc(Cc2nc3ccc(NS(=O)(=O)c4cccc5cccnc45)cc3c(=O)[nH]2)cc1. The van der Waals surface area contributed by atoms with Crippen molar-refractivity contribution < 1.29 is 8.42 Å². The van der Waals surface area contributed by atoms with E-state index in [2.05, 4.69) is 19.7 Å². The third-order valence-electron chi connectivity index (χ3n) is 5.53. The third-order valence-corrected chi connectivity index (χ3v) is 6.94. The molecule has 2 aromatic heterocycles. The van der Waals surface area contributed by atoms with Crippen LogP contribution in [0.2, 0.25) is 0 Å². The second-order valence-corrected chi connectivity index (χ2v) is 9.62. The van der Waals surface area contributed by atoms with Gasteiger partial charge in [-0.25, -0.2) is 13.4 Å². The fourth-order valence-electron chi connectivity index (χ4n) is 3.83. The summed E-state index contributed by atoms with van der Waals surface area (Å²) in [5.41, 5.74) is 7.66. The third kappa shape index (κ3) is 4.90. The minimum atomic E-state index is -3.95. The molecule has 36 heavy (non-hydrogen) atoms. The summed E-state index contributed by atoms with van der Waals surface area (Å²) in [7, 11) is -3.95. The first-order valence-electron chi connectivity index (χ1n) is 10.6. The van der Waals surface area contributed by atoms with Crippen LogP contribution in [0, 0.1) is 5.41 Å². The molecule has 9 nitrogen and oxygen atoms in total. The first-order chi connectivity index (χ1) is 16.8. The van der Waals surface area contributed by atoms with Gasteiger partial charge < -0.3 is 10.7 Å². The van der Waals surface area contributed by atoms with Crippen LogP contribution in [-0.2, 0) is 16.4 Å². The molecule has 5 N–H and O–H groups in total. The molecule has 0 spiro atoms. The number of fused-ring (bicyclic) bond motifs is 2. The maximum Gasteiger partial charge on any atom is 0.264 e. The molecule has 0 aliphatic heterocycles. The largest absolute Gasteiger partial charge is 0.384 e. The maximum atomic E-state index is 13.1. The Kier molecular flexibility index (Phi) is 6.73. The summed E-state index contributed by atoms with van der Waals surface area (Å²) in [5.74, 6) is 0.449. The molecule has 11 heteroatoms. The van der Waals surface area contributed by atoms with Gasteiger partial charge in [0.2, 0.25) is 0 Å². The van der Waals surface area contributed by atoms with E-state index in [4.69, 9.17) is 11.1 Å². The highest BCUT2D eigenvalue weighted by molar-refractivity contribution is 7.93. The molecule has 0 amide bonds. The molecule has 0 bridgehead atoms. The van der Waals surface area contributed by atoms with Gasteiger partial charge in [-0.05, 0) is 35.9 Å². The van der Waals surface area contributed by atoms with Crippen LogP contribution < -0.4 is 16.0 Å². The van der Waals surface area contributed by atoms with Crippen molar-refractivity contribution in [2.45, 2.75) is 11.3 Å². The molecule has 0 radical (unpaired) electrons. The Labute approximate surface area is 212 Å². The van der Waals surface area contributed by atoms with Crippen molar-refractivity contribution in [3.05, 3.63) is 106 Å². The number of hydrogen-bond donors (Lipinski definition) is 4. The minimum Gasteiger partial charge on any atom is -0.384 e. The Morgan fingerprint density at radius 3 is 2.53 bits per heavy atom. The lowest BCUT2D eigenvalue weighted by molar-refractivity contribution is 0.602. The summed E-state index contributed by atoms with van der Waals surface area (Å²) in [4.78, 5) is 24.3. The number of nitrogen functional groups attached to an aromatic ring is 1. The molecule has 0 saturated heterocycles. The highest BCUT2D eigenvalue weighted by Gasteiger charge is 2.19. The number of H-pyrrole nitrogens is 1. The molecule has 3 aromatic carbocycles. The molecule has 0 aliphatic carbocycles. The average molecular weight is 521 g/mol. The molecule has 5 aromatic rings. The quantitative estimate of drug-likeness (QED) is 0.198. The topological polar surface area (TPSA) is 155 Å². The van der Waals surface area contributed by atoms with E-state index in [-0.39, 0.29) is 39.8 Å². The molecule has 182 valence electrons. The number of nitrogens with one attached hydrogen (secondary N) is 3. The van der Waals surface area contributed by atoms with Gasteiger partial charge in [0.1, 0.15) is 16.6 Å². The van der Waals surface area contributed by atoms with Crippen molar-refractivity contribution in [3.63, 3.8) is 0 Å². The lowest BCUT2D eigenvalue weighted by Gasteiger charge is -2.11. The summed E-state index contributed by atoms with van der Waals surface area (Å²) < 4.78 is 28.7. The smallest absolute Gasteiger partial charge is 0.264 e. The molecular weight excluding hydrogens is 500 g/mol. The van der Waals surface area contributed by atoms with Gasteiger partial charge in [-0.1, -0.05) is 42.5 Å². The van der Waals surface area contributed by atoms with Crippen molar-refractivity contribution in [1.82, 2.24) is 15.0 Å². The van der Waals surface area contributed by atoms with Crippen LogP contribution in [0.5, 0.6) is 0 Å². The number of pyridine rings is 1.